The maximum atomic E-state index is 14.6. The van der Waals surface area contributed by atoms with Crippen LogP contribution in [0.1, 0.15) is 24.5 Å². The fraction of sp³-hybridized carbons (Fsp3) is 0.286. The number of rotatable bonds is 12. The van der Waals surface area contributed by atoms with E-state index in [0.717, 1.165) is 22.2 Å². The van der Waals surface area contributed by atoms with Crippen LogP contribution >= 0.6 is 11.6 Å². The molecule has 3 aromatic carbocycles. The number of halogens is 2. The number of hydrogen-bond acceptors (Lipinski definition) is 4. The third kappa shape index (κ3) is 8.03. The molecule has 1 N–H and O–H groups in total. The van der Waals surface area contributed by atoms with Crippen LogP contribution in [0.4, 0.5) is 10.1 Å². The molecule has 0 saturated heterocycles. The molecule has 0 aliphatic heterocycles. The van der Waals surface area contributed by atoms with Crippen LogP contribution in [0.25, 0.3) is 0 Å². The lowest BCUT2D eigenvalue weighted by molar-refractivity contribution is -0.140. The van der Waals surface area contributed by atoms with Crippen molar-refractivity contribution in [2.75, 3.05) is 23.7 Å². The first-order chi connectivity index (χ1) is 18.1. The van der Waals surface area contributed by atoms with Crippen molar-refractivity contribution in [2.24, 2.45) is 0 Å². The van der Waals surface area contributed by atoms with E-state index in [1.807, 2.05) is 37.3 Å². The minimum atomic E-state index is -4.04. The highest BCUT2D eigenvalue weighted by Crippen LogP contribution is 2.23. The monoisotopic (exact) mass is 559 g/mol. The molecular formula is C28H31ClFN3O4S. The number of carbonyl (C=O) groups is 2. The smallest absolute Gasteiger partial charge is 0.244 e. The van der Waals surface area contributed by atoms with E-state index < -0.39 is 34.3 Å². The van der Waals surface area contributed by atoms with Crippen molar-refractivity contribution in [3.05, 3.63) is 101 Å². The Labute approximate surface area is 228 Å². The number of hydrogen-bond donors (Lipinski definition) is 1. The molecule has 1 unspecified atom stereocenters. The second-order valence-electron chi connectivity index (χ2n) is 8.87. The molecule has 0 fully saturated rings. The van der Waals surface area contributed by atoms with E-state index in [-0.39, 0.29) is 24.6 Å². The molecule has 7 nitrogen and oxygen atoms in total. The molecule has 0 saturated carbocycles. The lowest BCUT2D eigenvalue weighted by Gasteiger charge is -2.33. The summed E-state index contributed by atoms with van der Waals surface area (Å²) in [6.45, 7) is 1.63. The summed E-state index contributed by atoms with van der Waals surface area (Å²) in [5.74, 6) is -1.82. The van der Waals surface area contributed by atoms with Gasteiger partial charge in [-0.15, -0.1) is 0 Å². The van der Waals surface area contributed by atoms with Gasteiger partial charge in [0.2, 0.25) is 21.8 Å². The summed E-state index contributed by atoms with van der Waals surface area (Å²) in [6.07, 6.45) is 1.80. The van der Waals surface area contributed by atoms with Gasteiger partial charge in [0.05, 0.1) is 11.9 Å². The molecule has 3 aromatic rings. The molecule has 1 atom stereocenters. The van der Waals surface area contributed by atoms with Crippen molar-refractivity contribution in [3.8, 4) is 0 Å². The zero-order valence-corrected chi connectivity index (χ0v) is 22.9. The van der Waals surface area contributed by atoms with Gasteiger partial charge in [-0.05, 0) is 41.8 Å². The van der Waals surface area contributed by atoms with E-state index in [1.54, 1.807) is 24.3 Å². The number of carbonyl (C=O) groups excluding carboxylic acids is 2. The third-order valence-electron chi connectivity index (χ3n) is 5.86. The molecule has 202 valence electrons. The summed E-state index contributed by atoms with van der Waals surface area (Å²) in [7, 11) is -4.04. The van der Waals surface area contributed by atoms with Crippen molar-refractivity contribution in [1.82, 2.24) is 10.2 Å². The minimum Gasteiger partial charge on any atom is -0.354 e. The van der Waals surface area contributed by atoms with Crippen LogP contribution < -0.4 is 9.62 Å². The van der Waals surface area contributed by atoms with Gasteiger partial charge in [-0.1, -0.05) is 73.1 Å². The molecule has 0 aliphatic carbocycles. The van der Waals surface area contributed by atoms with Gasteiger partial charge in [0, 0.05) is 24.5 Å². The van der Waals surface area contributed by atoms with Crippen LogP contribution in [0.5, 0.6) is 0 Å². The SMILES string of the molecule is CCCNC(=O)C(Cc1ccccc1)N(Cc1cccc(Cl)c1)C(=O)CN(c1ccccc1F)S(C)(=O)=O. The van der Waals surface area contributed by atoms with Crippen LogP contribution in [0.3, 0.4) is 0 Å². The minimum absolute atomic E-state index is 0.00862. The van der Waals surface area contributed by atoms with Gasteiger partial charge >= 0.3 is 0 Å². The molecule has 38 heavy (non-hydrogen) atoms. The highest BCUT2D eigenvalue weighted by atomic mass is 35.5. The van der Waals surface area contributed by atoms with E-state index >= 15 is 0 Å². The Morgan fingerprint density at radius 2 is 1.63 bits per heavy atom. The summed E-state index contributed by atoms with van der Waals surface area (Å²) < 4.78 is 40.7. The Morgan fingerprint density at radius 3 is 2.26 bits per heavy atom. The first-order valence-corrected chi connectivity index (χ1v) is 14.4. The van der Waals surface area contributed by atoms with Crippen molar-refractivity contribution < 1.29 is 22.4 Å². The van der Waals surface area contributed by atoms with Crippen LogP contribution in [0.2, 0.25) is 5.02 Å². The summed E-state index contributed by atoms with van der Waals surface area (Å²) in [6, 6.07) is 20.5. The first kappa shape index (κ1) is 29.1. The summed E-state index contributed by atoms with van der Waals surface area (Å²) in [4.78, 5) is 28.6. The van der Waals surface area contributed by atoms with Crippen LogP contribution in [-0.2, 0) is 32.6 Å². The average molecular weight is 560 g/mol. The molecule has 0 spiro atoms. The van der Waals surface area contributed by atoms with Crippen molar-refractivity contribution in [1.29, 1.82) is 0 Å². The van der Waals surface area contributed by atoms with Gasteiger partial charge < -0.3 is 10.2 Å². The molecular weight excluding hydrogens is 529 g/mol. The Hall–Kier alpha value is -3.43. The van der Waals surface area contributed by atoms with Crippen molar-refractivity contribution >= 4 is 39.1 Å². The fourth-order valence-electron chi connectivity index (χ4n) is 4.00. The number of nitrogens with zero attached hydrogens (tertiary/aromatic N) is 2. The van der Waals surface area contributed by atoms with Gasteiger partial charge in [-0.3, -0.25) is 13.9 Å². The molecule has 0 aromatic heterocycles. The van der Waals surface area contributed by atoms with E-state index in [9.17, 15) is 22.4 Å². The lowest BCUT2D eigenvalue weighted by Crippen LogP contribution is -2.53. The Bertz CT molecular complexity index is 1350. The zero-order valence-electron chi connectivity index (χ0n) is 21.3. The Balaban J connectivity index is 2.05. The molecule has 0 aliphatic rings. The van der Waals surface area contributed by atoms with Gasteiger partial charge in [0.25, 0.3) is 0 Å². The van der Waals surface area contributed by atoms with Crippen molar-refractivity contribution in [3.63, 3.8) is 0 Å². The van der Waals surface area contributed by atoms with E-state index in [4.69, 9.17) is 11.6 Å². The predicted molar refractivity (Wildman–Crippen MR) is 148 cm³/mol. The summed E-state index contributed by atoms with van der Waals surface area (Å²) in [5, 5.41) is 3.31. The quantitative estimate of drug-likeness (QED) is 0.356. The van der Waals surface area contributed by atoms with E-state index in [1.165, 1.54) is 23.1 Å². The standard InChI is InChI=1S/C28H31ClFN3O4S/c1-3-16-31-28(35)26(18-21-10-5-4-6-11-21)32(19-22-12-9-13-23(29)17-22)27(34)20-33(38(2,36)37)25-15-8-7-14-24(25)30/h4-15,17,26H,3,16,18-20H2,1-2H3,(H,31,35). The van der Waals surface area contributed by atoms with Crippen molar-refractivity contribution in [2.45, 2.75) is 32.4 Å². The number of anilines is 1. The highest BCUT2D eigenvalue weighted by Gasteiger charge is 2.33. The topological polar surface area (TPSA) is 86.8 Å². The number of sulfonamides is 1. The second kappa shape index (κ2) is 13.4. The van der Waals surface area contributed by atoms with E-state index in [2.05, 4.69) is 5.32 Å². The van der Waals surface area contributed by atoms with Crippen LogP contribution in [-0.4, -0.2) is 50.5 Å². The van der Waals surface area contributed by atoms with Gasteiger partial charge in [0.15, 0.2) is 0 Å². The van der Waals surface area contributed by atoms with Crippen LogP contribution in [0, 0.1) is 5.82 Å². The molecule has 3 rings (SSSR count). The third-order valence-corrected chi connectivity index (χ3v) is 7.22. The predicted octanol–water partition coefficient (Wildman–Crippen LogP) is 4.41. The molecule has 10 heteroatoms. The normalized spacial score (nSPS) is 12.0. The molecule has 0 radical (unpaired) electrons. The van der Waals surface area contributed by atoms with Gasteiger partial charge in [-0.25, -0.2) is 12.8 Å². The first-order valence-electron chi connectivity index (χ1n) is 12.2. The number of para-hydroxylation sites is 1. The zero-order chi connectivity index (χ0) is 27.7. The second-order valence-corrected chi connectivity index (χ2v) is 11.2. The molecule has 0 bridgehead atoms. The number of nitrogens with one attached hydrogen (secondary N) is 1. The maximum Gasteiger partial charge on any atom is 0.244 e. The fourth-order valence-corrected chi connectivity index (χ4v) is 5.06. The average Bonchev–Trinajstić information content (AvgIpc) is 2.88. The summed E-state index contributed by atoms with van der Waals surface area (Å²) in [5.41, 5.74) is 1.23. The highest BCUT2D eigenvalue weighted by molar-refractivity contribution is 7.92. The lowest BCUT2D eigenvalue weighted by atomic mass is 10.0. The van der Waals surface area contributed by atoms with Gasteiger partial charge in [-0.2, -0.15) is 0 Å². The van der Waals surface area contributed by atoms with Crippen LogP contribution in [0.15, 0.2) is 78.9 Å². The molecule has 0 heterocycles. The Kier molecular flexibility index (Phi) is 10.3. The number of amides is 2. The maximum absolute atomic E-state index is 14.6. The largest absolute Gasteiger partial charge is 0.354 e. The summed E-state index contributed by atoms with van der Waals surface area (Å²) >= 11 is 6.18. The van der Waals surface area contributed by atoms with Gasteiger partial charge in [0.1, 0.15) is 18.4 Å². The number of benzene rings is 3. The van der Waals surface area contributed by atoms with E-state index in [0.29, 0.717) is 23.6 Å². The Morgan fingerprint density at radius 1 is 0.974 bits per heavy atom. The molecule has 2 amide bonds.